The quantitative estimate of drug-likeness (QED) is 0.590. The number of carbonyl (C=O) groups is 2. The van der Waals surface area contributed by atoms with Crippen LogP contribution in [-0.4, -0.2) is 35.9 Å². The fourth-order valence-corrected chi connectivity index (χ4v) is 3.11. The highest BCUT2D eigenvalue weighted by molar-refractivity contribution is 6.07. The Labute approximate surface area is 124 Å². The van der Waals surface area contributed by atoms with Gasteiger partial charge >= 0.3 is 5.97 Å². The lowest BCUT2D eigenvalue weighted by molar-refractivity contribution is -0.181. The lowest BCUT2D eigenvalue weighted by Gasteiger charge is -2.28. The third-order valence-corrected chi connectivity index (χ3v) is 4.07. The molecule has 2 rings (SSSR count). The van der Waals surface area contributed by atoms with E-state index in [1.165, 1.54) is 6.92 Å². The first-order valence-electron chi connectivity index (χ1n) is 7.17. The zero-order valence-electron chi connectivity index (χ0n) is 12.9. The molecule has 2 aliphatic rings. The zero-order valence-corrected chi connectivity index (χ0v) is 12.9. The SMILES string of the molecule is COC1C=C(C)CC2(O)OC(=O)C(C)=C2C(=O)CC(C)C1. The topological polar surface area (TPSA) is 72.8 Å². The summed E-state index contributed by atoms with van der Waals surface area (Å²) in [6.45, 7) is 5.32. The Bertz CT molecular complexity index is 531. The van der Waals surface area contributed by atoms with E-state index in [9.17, 15) is 14.7 Å². The molecule has 116 valence electrons. The van der Waals surface area contributed by atoms with E-state index in [-0.39, 0.29) is 41.8 Å². The molecule has 0 fully saturated rings. The molecule has 1 heterocycles. The van der Waals surface area contributed by atoms with Crippen LogP contribution in [-0.2, 0) is 19.1 Å². The number of ketones is 1. The lowest BCUT2D eigenvalue weighted by atomic mass is 9.85. The first-order valence-corrected chi connectivity index (χ1v) is 7.17. The molecule has 0 aromatic rings. The third kappa shape index (κ3) is 3.09. The summed E-state index contributed by atoms with van der Waals surface area (Å²) in [6.07, 6.45) is 2.88. The largest absolute Gasteiger partial charge is 0.425 e. The van der Waals surface area contributed by atoms with E-state index in [4.69, 9.17) is 9.47 Å². The van der Waals surface area contributed by atoms with Crippen molar-refractivity contribution in [1.82, 2.24) is 0 Å². The molecule has 21 heavy (non-hydrogen) atoms. The maximum Gasteiger partial charge on any atom is 0.337 e. The Kier molecular flexibility index (Phi) is 4.35. The molecule has 0 amide bonds. The number of methoxy groups -OCH3 is 1. The van der Waals surface area contributed by atoms with E-state index >= 15 is 0 Å². The summed E-state index contributed by atoms with van der Waals surface area (Å²) >= 11 is 0. The van der Waals surface area contributed by atoms with Crippen molar-refractivity contribution in [2.75, 3.05) is 7.11 Å². The van der Waals surface area contributed by atoms with Crippen LogP contribution < -0.4 is 0 Å². The average Bonchev–Trinajstić information content (AvgIpc) is 2.57. The maximum absolute atomic E-state index is 12.5. The molecule has 0 spiro atoms. The molecular weight excluding hydrogens is 272 g/mol. The van der Waals surface area contributed by atoms with Crippen LogP contribution in [0, 0.1) is 5.92 Å². The second kappa shape index (κ2) is 5.73. The molecule has 5 heteroatoms. The molecular formula is C16H22O5. The van der Waals surface area contributed by atoms with Gasteiger partial charge in [-0.25, -0.2) is 4.79 Å². The molecule has 1 aliphatic heterocycles. The highest BCUT2D eigenvalue weighted by Gasteiger charge is 2.48. The standard InChI is InChI=1S/C16H22O5/c1-9-5-12(20-4)6-10(2)8-16(19)14(13(17)7-9)11(3)15(18)21-16/h6,9,12,19H,5,7-8H2,1-4H3. The summed E-state index contributed by atoms with van der Waals surface area (Å²) in [5.41, 5.74) is 1.15. The van der Waals surface area contributed by atoms with Crippen molar-refractivity contribution in [1.29, 1.82) is 0 Å². The van der Waals surface area contributed by atoms with Gasteiger partial charge in [-0.3, -0.25) is 4.79 Å². The van der Waals surface area contributed by atoms with E-state index in [0.29, 0.717) is 0 Å². The van der Waals surface area contributed by atoms with Gasteiger partial charge in [-0.2, -0.15) is 0 Å². The van der Waals surface area contributed by atoms with Crippen molar-refractivity contribution in [3.8, 4) is 0 Å². The molecule has 0 saturated carbocycles. The minimum Gasteiger partial charge on any atom is -0.425 e. The molecule has 5 nitrogen and oxygen atoms in total. The van der Waals surface area contributed by atoms with Gasteiger partial charge in [-0.05, 0) is 26.2 Å². The molecule has 1 aliphatic carbocycles. The molecule has 0 aromatic carbocycles. The zero-order chi connectivity index (χ0) is 15.8. The number of Topliss-reactive ketones (excluding diaryl/α,β-unsaturated/α-hetero) is 1. The van der Waals surface area contributed by atoms with Crippen molar-refractivity contribution in [2.45, 2.75) is 51.9 Å². The van der Waals surface area contributed by atoms with E-state index in [1.807, 2.05) is 19.9 Å². The molecule has 0 aromatic heterocycles. The summed E-state index contributed by atoms with van der Waals surface area (Å²) in [4.78, 5) is 24.2. The van der Waals surface area contributed by atoms with E-state index in [2.05, 4.69) is 0 Å². The van der Waals surface area contributed by atoms with Crippen LogP contribution in [0.1, 0.15) is 40.0 Å². The second-order valence-electron chi connectivity index (χ2n) is 6.11. The van der Waals surface area contributed by atoms with Gasteiger partial charge in [-0.15, -0.1) is 0 Å². The fraction of sp³-hybridized carbons (Fsp3) is 0.625. The molecule has 0 bridgehead atoms. The van der Waals surface area contributed by atoms with Crippen LogP contribution in [0.4, 0.5) is 0 Å². The smallest absolute Gasteiger partial charge is 0.337 e. The third-order valence-electron chi connectivity index (χ3n) is 4.07. The van der Waals surface area contributed by atoms with Crippen LogP contribution in [0.25, 0.3) is 0 Å². The van der Waals surface area contributed by atoms with Gasteiger partial charge in [0.2, 0.25) is 5.79 Å². The molecule has 3 atom stereocenters. The summed E-state index contributed by atoms with van der Waals surface area (Å²) < 4.78 is 10.5. The van der Waals surface area contributed by atoms with Gasteiger partial charge < -0.3 is 14.6 Å². The number of aliphatic hydroxyl groups is 1. The van der Waals surface area contributed by atoms with Crippen molar-refractivity contribution in [3.63, 3.8) is 0 Å². The fourth-order valence-electron chi connectivity index (χ4n) is 3.11. The van der Waals surface area contributed by atoms with Crippen molar-refractivity contribution >= 4 is 11.8 Å². The first-order chi connectivity index (χ1) is 9.76. The highest BCUT2D eigenvalue weighted by atomic mass is 16.7. The number of hydrogen-bond donors (Lipinski definition) is 1. The van der Waals surface area contributed by atoms with Gasteiger partial charge in [0.15, 0.2) is 5.78 Å². The van der Waals surface area contributed by atoms with Gasteiger partial charge in [0, 0.05) is 25.5 Å². The molecule has 0 saturated heterocycles. The monoisotopic (exact) mass is 294 g/mol. The van der Waals surface area contributed by atoms with Gasteiger partial charge in [0.1, 0.15) is 0 Å². The number of esters is 1. The van der Waals surface area contributed by atoms with Crippen LogP contribution in [0.2, 0.25) is 0 Å². The molecule has 1 N–H and O–H groups in total. The van der Waals surface area contributed by atoms with Crippen molar-refractivity contribution in [3.05, 3.63) is 22.8 Å². The average molecular weight is 294 g/mol. The molecule has 0 radical (unpaired) electrons. The van der Waals surface area contributed by atoms with Crippen LogP contribution in [0.15, 0.2) is 22.8 Å². The summed E-state index contributed by atoms with van der Waals surface area (Å²) in [5, 5.41) is 10.7. The predicted octanol–water partition coefficient (Wildman–Crippen LogP) is 1.90. The van der Waals surface area contributed by atoms with Gasteiger partial charge in [0.05, 0.1) is 11.7 Å². The number of hydrogen-bond acceptors (Lipinski definition) is 5. The first kappa shape index (κ1) is 15.9. The predicted molar refractivity (Wildman–Crippen MR) is 76.3 cm³/mol. The maximum atomic E-state index is 12.5. The molecule has 3 unspecified atom stereocenters. The number of ether oxygens (including phenoxy) is 2. The van der Waals surface area contributed by atoms with Crippen LogP contribution in [0.3, 0.4) is 0 Å². The Morgan fingerprint density at radius 1 is 1.38 bits per heavy atom. The van der Waals surface area contributed by atoms with E-state index in [1.54, 1.807) is 7.11 Å². The van der Waals surface area contributed by atoms with Crippen molar-refractivity contribution in [2.24, 2.45) is 5.92 Å². The van der Waals surface area contributed by atoms with E-state index < -0.39 is 11.8 Å². The number of carbonyl (C=O) groups excluding carboxylic acids is 2. The Hall–Kier alpha value is -1.46. The summed E-state index contributed by atoms with van der Waals surface area (Å²) in [5.74, 6) is -2.60. The van der Waals surface area contributed by atoms with E-state index in [0.717, 1.165) is 12.0 Å². The van der Waals surface area contributed by atoms with Crippen molar-refractivity contribution < 1.29 is 24.2 Å². The highest BCUT2D eigenvalue weighted by Crippen LogP contribution is 2.38. The Morgan fingerprint density at radius 3 is 2.67 bits per heavy atom. The summed E-state index contributed by atoms with van der Waals surface area (Å²) in [7, 11) is 1.62. The van der Waals surface area contributed by atoms with Gasteiger partial charge in [-0.1, -0.05) is 18.6 Å². The number of fused-ring (bicyclic) bond motifs is 1. The summed E-state index contributed by atoms with van der Waals surface area (Å²) in [6, 6.07) is 0. The Balaban J connectivity index is 2.46. The van der Waals surface area contributed by atoms with Crippen LogP contribution >= 0.6 is 0 Å². The minimum atomic E-state index is -1.84. The van der Waals surface area contributed by atoms with Gasteiger partial charge in [0.25, 0.3) is 0 Å². The minimum absolute atomic E-state index is 0.0878. The Morgan fingerprint density at radius 2 is 2.05 bits per heavy atom. The second-order valence-corrected chi connectivity index (χ2v) is 6.11. The van der Waals surface area contributed by atoms with Crippen LogP contribution in [0.5, 0.6) is 0 Å². The lowest BCUT2D eigenvalue weighted by Crippen LogP contribution is -2.36. The number of rotatable bonds is 1. The normalized spacial score (nSPS) is 34.4.